The van der Waals surface area contributed by atoms with Gasteiger partial charge < -0.3 is 68.8 Å². The average molecular weight is 1640 g/mol. The molecule has 606 valence electrons. The van der Waals surface area contributed by atoms with Crippen LogP contribution >= 0.6 is 77.2 Å². The van der Waals surface area contributed by atoms with Gasteiger partial charge in [0.2, 0.25) is 25.0 Å². The highest BCUT2D eigenvalue weighted by Gasteiger charge is 2.74. The summed E-state index contributed by atoms with van der Waals surface area (Å²) < 4.78 is 66.0. The fourth-order valence-electron chi connectivity index (χ4n) is 12.5. The summed E-state index contributed by atoms with van der Waals surface area (Å²) in [4.78, 5) is 124. The van der Waals surface area contributed by atoms with Crippen LogP contribution in [0.5, 0.6) is 5.75 Å². The molecule has 0 radical (unpaired) electrons. The first-order valence-electron chi connectivity index (χ1n) is 38.6. The molecule has 0 aliphatic carbocycles. The summed E-state index contributed by atoms with van der Waals surface area (Å²) in [5, 5.41) is 4.82. The minimum Gasteiger partial charge on any atom is -0.476 e. The maximum Gasteiger partial charge on any atom is 0.509 e. The Morgan fingerprint density at radius 2 is 1.00 bits per heavy atom. The van der Waals surface area contributed by atoms with E-state index in [0.717, 1.165) is 167 Å². The predicted molar refractivity (Wildman–Crippen MR) is 415 cm³/mol. The minimum atomic E-state index is -6.45. The van der Waals surface area contributed by atoms with Crippen LogP contribution in [0.15, 0.2) is 60.7 Å². The molecule has 22 nitrogen and oxygen atoms in total. The Morgan fingerprint density at radius 3 is 1.42 bits per heavy atom. The van der Waals surface area contributed by atoms with Crippen LogP contribution in [0.4, 0.5) is 9.59 Å². The van der Waals surface area contributed by atoms with Gasteiger partial charge in [0.05, 0.1) is 19.4 Å². The lowest BCUT2D eigenvalue weighted by Crippen LogP contribution is -2.77. The third-order valence-corrected chi connectivity index (χ3v) is 21.6. The number of alkyl halides is 6. The number of unbranched alkanes of at least 4 members (excludes halogenated alkanes) is 28. The fourth-order valence-corrected chi connectivity index (χ4v) is 13.9. The summed E-state index contributed by atoms with van der Waals surface area (Å²) in [6, 6.07) is 10.5. The molecule has 1 fully saturated rings. The molecule has 3 amide bonds. The molecular formula is C77H122Cl6N3O19P. The predicted octanol–water partition coefficient (Wildman–Crippen LogP) is 19.6. The van der Waals surface area contributed by atoms with Crippen molar-refractivity contribution in [2.24, 2.45) is 5.73 Å². The summed E-state index contributed by atoms with van der Waals surface area (Å²) in [5.41, 5.74) is -2.41. The Labute approximate surface area is 660 Å². The summed E-state index contributed by atoms with van der Waals surface area (Å²) in [6.45, 7) is 7.54. The Kier molecular flexibility index (Phi) is 47.4. The number of carbonyl (C=O) groups is 7. The van der Waals surface area contributed by atoms with Crippen molar-refractivity contribution in [1.82, 2.24) is 10.6 Å². The van der Waals surface area contributed by atoms with Crippen molar-refractivity contribution in [2.75, 3.05) is 19.8 Å². The third kappa shape index (κ3) is 37.3. The molecule has 2 aromatic rings. The van der Waals surface area contributed by atoms with Crippen molar-refractivity contribution >= 4 is 119 Å². The number of nitrogens with one attached hydrogen (secondary N) is 2. The van der Waals surface area contributed by atoms with Gasteiger partial charge in [0, 0.05) is 18.4 Å². The van der Waals surface area contributed by atoms with E-state index < -0.39 is 143 Å². The molecule has 0 bridgehead atoms. The van der Waals surface area contributed by atoms with E-state index in [2.05, 4.69) is 38.3 Å². The second-order valence-electron chi connectivity index (χ2n) is 28.2. The minimum absolute atomic E-state index is 0.0337. The second-order valence-corrected chi connectivity index (χ2v) is 34.7. The zero-order valence-electron chi connectivity index (χ0n) is 63.4. The average Bonchev–Trinajstić information content (AvgIpc) is 0.700. The van der Waals surface area contributed by atoms with Gasteiger partial charge in [0.15, 0.2) is 11.7 Å². The zero-order valence-corrected chi connectivity index (χ0v) is 68.8. The zero-order chi connectivity index (χ0) is 78.5. The second kappa shape index (κ2) is 52.2. The van der Waals surface area contributed by atoms with Gasteiger partial charge in [-0.25, -0.2) is 9.59 Å². The van der Waals surface area contributed by atoms with Crippen molar-refractivity contribution in [3.63, 3.8) is 0 Å². The smallest absolute Gasteiger partial charge is 0.476 e. The maximum absolute atomic E-state index is 15.6. The number of carbonyl (C=O) groups excluding carboxylic acids is 7. The first-order valence-corrected chi connectivity index (χ1v) is 42.5. The molecule has 29 heteroatoms. The van der Waals surface area contributed by atoms with Crippen LogP contribution in [-0.2, 0) is 72.0 Å². The number of amides is 3. The van der Waals surface area contributed by atoms with Gasteiger partial charge in [-0.05, 0) is 64.5 Å². The van der Waals surface area contributed by atoms with Gasteiger partial charge in [-0.1, -0.05) is 326 Å². The number of benzene rings is 2. The highest BCUT2D eigenvalue weighted by Crippen LogP contribution is 2.61. The van der Waals surface area contributed by atoms with E-state index in [0.29, 0.717) is 32.1 Å². The Morgan fingerprint density at radius 1 is 0.575 bits per heavy atom. The van der Waals surface area contributed by atoms with Crippen LogP contribution in [0.3, 0.4) is 0 Å². The first-order chi connectivity index (χ1) is 50.4. The molecule has 0 saturated carbocycles. The van der Waals surface area contributed by atoms with Crippen LogP contribution in [-0.4, -0.2) is 127 Å². The molecule has 0 spiro atoms. The molecule has 1 aliphatic heterocycles. The van der Waals surface area contributed by atoms with E-state index in [1.165, 1.54) is 56.7 Å². The molecule has 1 unspecified atom stereocenters. The molecule has 3 rings (SSSR count). The van der Waals surface area contributed by atoms with Gasteiger partial charge in [0.1, 0.15) is 49.4 Å². The summed E-state index contributed by atoms with van der Waals surface area (Å²) in [6.07, 6.45) is 19.9. The number of ether oxygens (including phenoxy) is 9. The van der Waals surface area contributed by atoms with E-state index in [1.807, 2.05) is 0 Å². The van der Waals surface area contributed by atoms with Crippen molar-refractivity contribution in [3.05, 3.63) is 66.2 Å². The highest BCUT2D eigenvalue weighted by atomic mass is 35.6. The topological polar surface area (TPSA) is 310 Å². The Balaban J connectivity index is 2.38. The van der Waals surface area contributed by atoms with Crippen molar-refractivity contribution in [2.45, 2.75) is 346 Å². The van der Waals surface area contributed by atoms with Gasteiger partial charge >= 0.3 is 37.8 Å². The largest absolute Gasteiger partial charge is 0.509 e. The molecule has 106 heavy (non-hydrogen) atoms. The van der Waals surface area contributed by atoms with Gasteiger partial charge in [0.25, 0.3) is 5.53 Å². The molecular weight excluding hydrogens is 1510 g/mol. The normalized spacial score (nSPS) is 18.5. The van der Waals surface area contributed by atoms with E-state index in [4.69, 9.17) is 118 Å². The number of primary amides is 1. The number of rotatable bonds is 57. The molecule has 8 atom stereocenters. The molecule has 2 aromatic carbocycles. The van der Waals surface area contributed by atoms with Gasteiger partial charge in [-0.15, -0.1) is 0 Å². The van der Waals surface area contributed by atoms with Crippen molar-refractivity contribution in [3.8, 4) is 5.75 Å². The molecule has 6 N–H and O–H groups in total. The lowest BCUT2D eigenvalue weighted by atomic mass is 9.76. The first kappa shape index (κ1) is 96.1. The lowest BCUT2D eigenvalue weighted by molar-refractivity contribution is -0.330. The standard InChI is InChI=1S/C77H122Cl6N3O19P/c1-7-11-15-19-23-25-29-31-39-49-60(100-65(88)51-43-33-27-21-17-13-9-3)53-64(87)85-62(70(84)91)55-99-76(106(94,95)96)68(86-71(92)98-57-74(78,79)80)69(102-67(90)54-61(50-40-32-30-26-24-20-16-12-8-2)101-66(89)52-44-34-28-22-18-14-10-4)75(58-45-37-35-38-46-58,103-59-47-41-36-42-48-59)63(104-76)56-97-72(93)105-73(5,6)77(81,82)83/h35-38,41-42,45-48,60-63,68-69H,7-34,39-40,43-44,49-57H2,1-6H3,(H2,84,91)(H,85,87)(H,86,92)(H2,94,95,96)/t60-,61-,62+,63-,68-,69-,75-,76?/m1/s1. The van der Waals surface area contributed by atoms with Gasteiger partial charge in [-0.3, -0.25) is 28.5 Å². The quantitative estimate of drug-likeness (QED) is 0.0135. The van der Waals surface area contributed by atoms with E-state index in [-0.39, 0.29) is 37.0 Å². The summed E-state index contributed by atoms with van der Waals surface area (Å²) in [5.74, 6) is -4.59. The van der Waals surface area contributed by atoms with E-state index in [9.17, 15) is 38.6 Å². The lowest BCUT2D eigenvalue weighted by Gasteiger charge is -2.56. The van der Waals surface area contributed by atoms with Crippen molar-refractivity contribution < 1.29 is 90.5 Å². The van der Waals surface area contributed by atoms with Crippen LogP contribution in [0, 0.1) is 0 Å². The Hall–Kier alpha value is -4.06. The molecule has 0 aromatic heterocycles. The molecule has 1 aliphatic rings. The van der Waals surface area contributed by atoms with E-state index in [1.54, 1.807) is 24.3 Å². The third-order valence-electron chi connectivity index (χ3n) is 18.6. The molecule has 1 heterocycles. The number of halogens is 6. The number of esters is 3. The number of nitrogens with two attached hydrogens (primary N) is 1. The fraction of sp³-hybridized carbons (Fsp3) is 0.753. The number of para-hydroxylation sites is 1. The van der Waals surface area contributed by atoms with Crippen molar-refractivity contribution in [1.29, 1.82) is 0 Å². The van der Waals surface area contributed by atoms with Gasteiger partial charge in [-0.2, -0.15) is 0 Å². The highest BCUT2D eigenvalue weighted by molar-refractivity contribution is 7.53. The monoisotopic (exact) mass is 1630 g/mol. The summed E-state index contributed by atoms with van der Waals surface area (Å²) >= 11 is 37.0. The van der Waals surface area contributed by atoms with Crippen LogP contribution < -0.4 is 21.1 Å². The van der Waals surface area contributed by atoms with Crippen LogP contribution in [0.1, 0.15) is 291 Å². The SMILES string of the molecule is CCCCCCCCCCC[C@H](CC(=O)N[C@@H](COC1(P(=O)(O)O)O[C@H](COC(=O)OC(C)(C)C(Cl)(Cl)Cl)[C@](Oc2ccccc2)(c2ccccc2)[C@H](OC(=O)C[C@@H](CCCCCCCCCCC)OC(=O)CCCCCCCCC)[C@H]1NC(=O)OCC(Cl)(Cl)Cl)C(N)=O)OC(=O)CCCCCCCCC. The Bertz CT molecular complexity index is 2880. The molecule has 1 saturated heterocycles. The van der Waals surface area contributed by atoms with E-state index >= 15 is 9.36 Å². The number of hydrogen-bond acceptors (Lipinski definition) is 17. The maximum atomic E-state index is 15.6. The number of alkyl carbamates (subject to hydrolysis) is 1. The van der Waals surface area contributed by atoms with Crippen LogP contribution in [0.25, 0.3) is 0 Å². The summed E-state index contributed by atoms with van der Waals surface area (Å²) in [7, 11) is -6.45. The van der Waals surface area contributed by atoms with Crippen LogP contribution in [0.2, 0.25) is 0 Å². The number of hydrogen-bond donors (Lipinski definition) is 5.